The van der Waals surface area contributed by atoms with Crippen molar-refractivity contribution in [2.45, 2.75) is 26.8 Å². The van der Waals surface area contributed by atoms with Gasteiger partial charge in [-0.05, 0) is 62.7 Å². The number of nitrogens with zero attached hydrogens (tertiary/aromatic N) is 1. The fraction of sp³-hybridized carbons (Fsp3) is 0.241. The van der Waals surface area contributed by atoms with E-state index in [0.29, 0.717) is 47.3 Å². The predicted octanol–water partition coefficient (Wildman–Crippen LogP) is 5.43. The molecule has 1 amide bonds. The quantitative estimate of drug-likeness (QED) is 0.259. The molecule has 1 N–H and O–H groups in total. The van der Waals surface area contributed by atoms with E-state index in [2.05, 4.69) is 0 Å². The lowest BCUT2D eigenvalue weighted by Crippen LogP contribution is -2.29. The van der Waals surface area contributed by atoms with Gasteiger partial charge in [0.05, 0.1) is 31.9 Å². The van der Waals surface area contributed by atoms with Crippen molar-refractivity contribution in [3.05, 3.63) is 89.0 Å². The Hall–Kier alpha value is -4.26. The van der Waals surface area contributed by atoms with Crippen molar-refractivity contribution in [3.8, 4) is 17.2 Å². The van der Waals surface area contributed by atoms with E-state index in [1.807, 2.05) is 45.0 Å². The average molecular weight is 488 g/mol. The summed E-state index contributed by atoms with van der Waals surface area (Å²) in [6, 6.07) is 18.5. The summed E-state index contributed by atoms with van der Waals surface area (Å²) in [6.45, 7) is 6.52. The highest BCUT2D eigenvalue weighted by Crippen LogP contribution is 2.44. The number of anilines is 1. The van der Waals surface area contributed by atoms with E-state index in [9.17, 15) is 14.7 Å². The molecule has 186 valence electrons. The van der Waals surface area contributed by atoms with Crippen molar-refractivity contribution in [2.24, 2.45) is 0 Å². The number of methoxy groups -OCH3 is 1. The minimum absolute atomic E-state index is 0.0163. The molecule has 0 bridgehead atoms. The first-order valence-corrected chi connectivity index (χ1v) is 11.8. The van der Waals surface area contributed by atoms with Gasteiger partial charge in [-0.15, -0.1) is 0 Å². The fourth-order valence-corrected chi connectivity index (χ4v) is 4.35. The first-order chi connectivity index (χ1) is 17.4. The molecule has 4 rings (SSSR count). The predicted molar refractivity (Wildman–Crippen MR) is 138 cm³/mol. The molecule has 1 atom stereocenters. The standard InChI is InChI=1S/C29H29NO6/c1-5-35-23-15-12-21(17-24(23)36-6-2)30-26(20-9-7-8-18(3)16-20)25(28(32)29(30)33)27(31)19-10-13-22(34-4)14-11-19/h7-17,26,31H,5-6H2,1-4H3/b27-25+. The highest BCUT2D eigenvalue weighted by atomic mass is 16.5. The Morgan fingerprint density at radius 3 is 2.25 bits per heavy atom. The Bertz CT molecular complexity index is 1310. The number of aliphatic hydroxyl groups excluding tert-OH is 1. The first kappa shape index (κ1) is 24.9. The monoisotopic (exact) mass is 487 g/mol. The number of carbonyl (C=O) groups is 2. The number of hydrogen-bond acceptors (Lipinski definition) is 6. The number of aliphatic hydroxyl groups is 1. The molecule has 0 aliphatic carbocycles. The van der Waals surface area contributed by atoms with E-state index in [0.717, 1.165) is 5.56 Å². The van der Waals surface area contributed by atoms with Crippen LogP contribution in [0.25, 0.3) is 5.76 Å². The maximum absolute atomic E-state index is 13.4. The molecule has 0 spiro atoms. The van der Waals surface area contributed by atoms with E-state index in [4.69, 9.17) is 14.2 Å². The fourth-order valence-electron chi connectivity index (χ4n) is 4.35. The van der Waals surface area contributed by atoms with Crippen LogP contribution in [-0.2, 0) is 9.59 Å². The van der Waals surface area contributed by atoms with Gasteiger partial charge in [0.15, 0.2) is 11.5 Å². The second-order valence-corrected chi connectivity index (χ2v) is 8.31. The molecule has 3 aromatic rings. The molecule has 1 saturated heterocycles. The van der Waals surface area contributed by atoms with Crippen molar-refractivity contribution in [3.63, 3.8) is 0 Å². The lowest BCUT2D eigenvalue weighted by Gasteiger charge is -2.26. The van der Waals surface area contributed by atoms with E-state index in [1.54, 1.807) is 49.6 Å². The van der Waals surface area contributed by atoms with Crippen LogP contribution in [0.15, 0.2) is 72.3 Å². The summed E-state index contributed by atoms with van der Waals surface area (Å²) >= 11 is 0. The molecule has 1 aliphatic rings. The summed E-state index contributed by atoms with van der Waals surface area (Å²) in [4.78, 5) is 28.2. The van der Waals surface area contributed by atoms with Crippen LogP contribution in [0.4, 0.5) is 5.69 Å². The maximum atomic E-state index is 13.4. The van der Waals surface area contributed by atoms with Crippen LogP contribution in [0.5, 0.6) is 17.2 Å². The molecule has 1 unspecified atom stereocenters. The van der Waals surface area contributed by atoms with Crippen LogP contribution >= 0.6 is 0 Å². The lowest BCUT2D eigenvalue weighted by atomic mass is 9.94. The van der Waals surface area contributed by atoms with Crippen LogP contribution in [0, 0.1) is 6.92 Å². The third-order valence-corrected chi connectivity index (χ3v) is 5.97. The number of amides is 1. The van der Waals surface area contributed by atoms with Crippen LogP contribution in [0.2, 0.25) is 0 Å². The van der Waals surface area contributed by atoms with Crippen LogP contribution in [0.1, 0.15) is 36.6 Å². The van der Waals surface area contributed by atoms with Gasteiger partial charge in [-0.25, -0.2) is 0 Å². The lowest BCUT2D eigenvalue weighted by molar-refractivity contribution is -0.132. The van der Waals surface area contributed by atoms with Crippen LogP contribution in [-0.4, -0.2) is 37.1 Å². The Kier molecular flexibility index (Phi) is 7.29. The number of benzene rings is 3. The van der Waals surface area contributed by atoms with Gasteiger partial charge in [0.1, 0.15) is 11.5 Å². The zero-order chi connectivity index (χ0) is 25.8. The van der Waals surface area contributed by atoms with E-state index >= 15 is 0 Å². The molecule has 3 aromatic carbocycles. The number of Topliss-reactive ketones (excluding diaryl/α,β-unsaturated/α-hetero) is 1. The summed E-state index contributed by atoms with van der Waals surface area (Å²) in [6.07, 6.45) is 0. The molecule has 1 fully saturated rings. The van der Waals surface area contributed by atoms with Crippen molar-refractivity contribution >= 4 is 23.1 Å². The third-order valence-electron chi connectivity index (χ3n) is 5.97. The Balaban J connectivity index is 1.91. The largest absolute Gasteiger partial charge is 0.507 e. The van der Waals surface area contributed by atoms with Crippen molar-refractivity contribution < 1.29 is 28.9 Å². The molecule has 0 aromatic heterocycles. The van der Waals surface area contributed by atoms with Crippen molar-refractivity contribution in [1.29, 1.82) is 0 Å². The highest BCUT2D eigenvalue weighted by molar-refractivity contribution is 6.51. The van der Waals surface area contributed by atoms with Gasteiger partial charge >= 0.3 is 0 Å². The van der Waals surface area contributed by atoms with Gasteiger partial charge in [-0.3, -0.25) is 14.5 Å². The number of ether oxygens (including phenoxy) is 3. The van der Waals surface area contributed by atoms with Gasteiger partial charge in [-0.1, -0.05) is 29.8 Å². The SMILES string of the molecule is CCOc1ccc(N2C(=O)C(=O)/C(=C(/O)c3ccc(OC)cc3)C2c2cccc(C)c2)cc1OCC. The number of aryl methyl sites for hydroxylation is 1. The second kappa shape index (κ2) is 10.6. The highest BCUT2D eigenvalue weighted by Gasteiger charge is 2.47. The molecule has 7 heteroatoms. The van der Waals surface area contributed by atoms with Gasteiger partial charge < -0.3 is 19.3 Å². The molecule has 1 heterocycles. The molecular formula is C29H29NO6. The smallest absolute Gasteiger partial charge is 0.300 e. The van der Waals surface area contributed by atoms with Gasteiger partial charge in [0.25, 0.3) is 11.7 Å². The number of hydrogen-bond donors (Lipinski definition) is 1. The van der Waals surface area contributed by atoms with Gasteiger partial charge in [0.2, 0.25) is 0 Å². The van der Waals surface area contributed by atoms with E-state index in [1.165, 1.54) is 4.90 Å². The molecule has 1 aliphatic heterocycles. The Labute approximate surface area is 210 Å². The number of carbonyl (C=O) groups excluding carboxylic acids is 2. The molecule has 7 nitrogen and oxygen atoms in total. The van der Waals surface area contributed by atoms with Gasteiger partial charge in [-0.2, -0.15) is 0 Å². The van der Waals surface area contributed by atoms with Crippen LogP contribution < -0.4 is 19.1 Å². The topological polar surface area (TPSA) is 85.3 Å². The van der Waals surface area contributed by atoms with Gasteiger partial charge in [0, 0.05) is 17.3 Å². The molecule has 36 heavy (non-hydrogen) atoms. The Morgan fingerprint density at radius 1 is 0.917 bits per heavy atom. The van der Waals surface area contributed by atoms with Crippen molar-refractivity contribution in [1.82, 2.24) is 0 Å². The maximum Gasteiger partial charge on any atom is 0.300 e. The minimum atomic E-state index is -0.834. The van der Waals surface area contributed by atoms with E-state index in [-0.39, 0.29) is 11.3 Å². The molecule has 0 saturated carbocycles. The van der Waals surface area contributed by atoms with Crippen molar-refractivity contribution in [2.75, 3.05) is 25.2 Å². The van der Waals surface area contributed by atoms with Crippen LogP contribution in [0.3, 0.4) is 0 Å². The first-order valence-electron chi connectivity index (χ1n) is 11.8. The number of ketones is 1. The molecule has 0 radical (unpaired) electrons. The van der Waals surface area contributed by atoms with E-state index < -0.39 is 17.7 Å². The minimum Gasteiger partial charge on any atom is -0.507 e. The summed E-state index contributed by atoms with van der Waals surface area (Å²) in [5, 5.41) is 11.3. The normalized spacial score (nSPS) is 16.8. The summed E-state index contributed by atoms with van der Waals surface area (Å²) in [5.74, 6) is -0.118. The third kappa shape index (κ3) is 4.64. The second-order valence-electron chi connectivity index (χ2n) is 8.31. The summed E-state index contributed by atoms with van der Waals surface area (Å²) < 4.78 is 16.6. The zero-order valence-electron chi connectivity index (χ0n) is 20.8. The Morgan fingerprint density at radius 2 is 1.61 bits per heavy atom. The zero-order valence-corrected chi connectivity index (χ0v) is 20.8. The average Bonchev–Trinajstić information content (AvgIpc) is 3.15. The summed E-state index contributed by atoms with van der Waals surface area (Å²) in [5.41, 5.74) is 2.56. The number of rotatable bonds is 8. The molecular weight excluding hydrogens is 458 g/mol. The summed E-state index contributed by atoms with van der Waals surface area (Å²) in [7, 11) is 1.55.